The number of fused-ring (bicyclic) bond motifs is 6. The molecule has 0 saturated carbocycles. The maximum absolute atomic E-state index is 6.75. The van der Waals surface area contributed by atoms with E-state index >= 15 is 0 Å². The Bertz CT molecular complexity index is 1100. The molecule has 2 aromatic carbocycles. The van der Waals surface area contributed by atoms with Gasteiger partial charge >= 0.3 is 0 Å². The van der Waals surface area contributed by atoms with Crippen molar-refractivity contribution in [2.75, 3.05) is 0 Å². The first-order valence-corrected chi connectivity index (χ1v) is 14.0. The van der Waals surface area contributed by atoms with Crippen LogP contribution in [0.2, 0.25) is 18.1 Å². The van der Waals surface area contributed by atoms with Crippen molar-refractivity contribution in [1.29, 1.82) is 0 Å². The van der Waals surface area contributed by atoms with Crippen LogP contribution in [-0.4, -0.2) is 12.7 Å². The van der Waals surface area contributed by atoms with E-state index in [9.17, 15) is 0 Å². The number of hydrogen-bond acceptors (Lipinski definition) is 1. The summed E-state index contributed by atoms with van der Waals surface area (Å²) in [6.45, 7) is 11.6. The molecule has 0 aliphatic carbocycles. The number of hydrogen-bond donors (Lipinski definition) is 0. The lowest BCUT2D eigenvalue weighted by atomic mass is 10.1. The molecule has 25 heavy (non-hydrogen) atoms. The van der Waals surface area contributed by atoms with Gasteiger partial charge in [0.25, 0.3) is 8.32 Å². The zero-order valence-corrected chi connectivity index (χ0v) is 18.2. The summed E-state index contributed by atoms with van der Waals surface area (Å²) >= 11 is 0. The first-order chi connectivity index (χ1) is 11.8. The van der Waals surface area contributed by atoms with E-state index in [4.69, 9.17) is 4.43 Å². The van der Waals surface area contributed by atoms with Crippen molar-refractivity contribution >= 4 is 51.0 Å². The number of pyridine rings is 1. The molecule has 0 fully saturated rings. The van der Waals surface area contributed by atoms with Gasteiger partial charge in [-0.25, -0.2) is 0 Å². The number of para-hydroxylation sites is 1. The Labute approximate surface area is 153 Å². The molecule has 2 aromatic heterocycles. The highest BCUT2D eigenvalue weighted by atomic mass is 31.8. The highest BCUT2D eigenvalue weighted by molar-refractivity contribution is 7.93. The predicted molar refractivity (Wildman–Crippen MR) is 115 cm³/mol. The third-order valence-electron chi connectivity index (χ3n) is 5.39. The first kappa shape index (κ1) is 17.0. The van der Waals surface area contributed by atoms with Gasteiger partial charge in [0.05, 0.1) is 10.8 Å². The molecule has 0 radical (unpaired) electrons. The molecule has 128 valence electrons. The Hall–Kier alpha value is -1.40. The van der Waals surface area contributed by atoms with Crippen LogP contribution in [0.1, 0.15) is 20.8 Å². The summed E-state index contributed by atoms with van der Waals surface area (Å²) in [6.07, 6.45) is 0. The fourth-order valence-corrected chi connectivity index (χ4v) is 7.54. The quantitative estimate of drug-likeness (QED) is 0.254. The molecule has 0 aliphatic heterocycles. The Morgan fingerprint density at radius 3 is 2.12 bits per heavy atom. The number of aromatic nitrogens is 1. The largest absolute Gasteiger partial charge is 0.528 e. The summed E-state index contributed by atoms with van der Waals surface area (Å²) in [4.78, 5) is 0. The average molecular weight is 383 g/mol. The Morgan fingerprint density at radius 1 is 0.840 bits per heavy atom. The monoisotopic (exact) mass is 383 g/mol. The number of rotatable bonds is 2. The average Bonchev–Trinajstić information content (AvgIpc) is 2.98. The summed E-state index contributed by atoms with van der Waals surface area (Å²) in [5, 5.41) is 5.52. The number of nitrogens with zero attached hydrogens (tertiary/aromatic N) is 1. The van der Waals surface area contributed by atoms with E-state index in [0.29, 0.717) is 0 Å². The maximum Gasteiger partial charge on any atom is 0.252 e. The molecule has 0 spiro atoms. The van der Waals surface area contributed by atoms with E-state index in [1.165, 1.54) is 42.7 Å². The van der Waals surface area contributed by atoms with Crippen LogP contribution in [0.25, 0.3) is 26.9 Å². The van der Waals surface area contributed by atoms with Crippen molar-refractivity contribution < 1.29 is 4.43 Å². The minimum Gasteiger partial charge on any atom is -0.528 e. The molecule has 0 atom stereocenters. The zero-order chi connectivity index (χ0) is 17.8. The smallest absolute Gasteiger partial charge is 0.252 e. The van der Waals surface area contributed by atoms with Gasteiger partial charge in [-0.15, -0.1) is 0 Å². The topological polar surface area (TPSA) is 13.6 Å². The lowest BCUT2D eigenvalue weighted by Crippen LogP contribution is -2.44. The van der Waals surface area contributed by atoms with Crippen molar-refractivity contribution in [3.63, 3.8) is 0 Å². The van der Waals surface area contributed by atoms with Crippen LogP contribution in [-0.2, 0) is 0 Å². The summed E-state index contributed by atoms with van der Waals surface area (Å²) in [7, 11) is 0.686. The van der Waals surface area contributed by atoms with Crippen molar-refractivity contribution in [1.82, 2.24) is 4.40 Å². The second-order valence-electron chi connectivity index (χ2n) is 8.07. The van der Waals surface area contributed by atoms with Crippen LogP contribution in [0.5, 0.6) is 5.61 Å². The number of benzene rings is 2. The molecule has 0 unspecified atom stereocenters. The van der Waals surface area contributed by atoms with Crippen molar-refractivity contribution in [3.05, 3.63) is 48.5 Å². The van der Waals surface area contributed by atoms with Gasteiger partial charge in [-0.3, -0.25) is 4.40 Å². The van der Waals surface area contributed by atoms with Crippen LogP contribution in [0.3, 0.4) is 0 Å². The molecule has 0 saturated heterocycles. The molecular formula is C20H23NOP2Si. The summed E-state index contributed by atoms with van der Waals surface area (Å²) in [5.74, 6) is 0. The van der Waals surface area contributed by atoms with Gasteiger partial charge in [-0.05, 0) is 37.5 Å². The van der Waals surface area contributed by atoms with E-state index in [0.717, 1.165) is 5.61 Å². The molecule has 0 bridgehead atoms. The van der Waals surface area contributed by atoms with Gasteiger partial charge in [-0.1, -0.05) is 63.2 Å². The van der Waals surface area contributed by atoms with Gasteiger partial charge in [0.15, 0.2) is 0 Å². The van der Waals surface area contributed by atoms with E-state index in [2.05, 4.69) is 86.8 Å². The normalized spacial score (nSPS) is 13.6. The second-order valence-corrected chi connectivity index (χ2v) is 15.2. The van der Waals surface area contributed by atoms with Gasteiger partial charge in [0, 0.05) is 18.6 Å². The van der Waals surface area contributed by atoms with E-state index in [1.54, 1.807) is 0 Å². The highest BCUT2D eigenvalue weighted by Gasteiger charge is 2.39. The van der Waals surface area contributed by atoms with Gasteiger partial charge < -0.3 is 4.43 Å². The summed E-state index contributed by atoms with van der Waals surface area (Å²) in [6, 6.07) is 17.4. The highest BCUT2D eigenvalue weighted by Crippen LogP contribution is 2.48. The molecule has 2 heterocycles. The third kappa shape index (κ3) is 2.70. The van der Waals surface area contributed by atoms with Crippen LogP contribution in [0.4, 0.5) is 0 Å². The van der Waals surface area contributed by atoms with E-state index in [-0.39, 0.29) is 5.04 Å². The standard InChI is InChI=1S/C20H23NOP2Si/c1-20(2,3)25(4,5)22-19-21-17-13-9-8-11-15(17)14-10-6-7-12-16(14)18(21)23-24-19/h6-13H,1-5H3. The zero-order valence-electron chi connectivity index (χ0n) is 15.4. The lowest BCUT2D eigenvalue weighted by molar-refractivity contribution is 0.486. The summed E-state index contributed by atoms with van der Waals surface area (Å²) in [5.41, 5.74) is 2.35. The van der Waals surface area contributed by atoms with Crippen LogP contribution in [0.15, 0.2) is 48.5 Å². The van der Waals surface area contributed by atoms with E-state index in [1.807, 2.05) is 0 Å². The van der Waals surface area contributed by atoms with Crippen LogP contribution in [0, 0.1) is 0 Å². The van der Waals surface area contributed by atoms with Gasteiger partial charge in [0.2, 0.25) is 5.61 Å². The van der Waals surface area contributed by atoms with Crippen molar-refractivity contribution in [2.24, 2.45) is 0 Å². The molecule has 5 heteroatoms. The van der Waals surface area contributed by atoms with Crippen molar-refractivity contribution in [3.8, 4) is 5.61 Å². The summed E-state index contributed by atoms with van der Waals surface area (Å²) < 4.78 is 9.12. The first-order valence-electron chi connectivity index (χ1n) is 8.63. The van der Waals surface area contributed by atoms with Gasteiger partial charge in [0.1, 0.15) is 0 Å². The molecule has 2 nitrogen and oxygen atoms in total. The fourth-order valence-electron chi connectivity index (χ4n) is 2.92. The predicted octanol–water partition coefficient (Wildman–Crippen LogP) is 7.79. The van der Waals surface area contributed by atoms with Crippen LogP contribution < -0.4 is 4.43 Å². The van der Waals surface area contributed by atoms with Gasteiger partial charge in [-0.2, -0.15) is 0 Å². The molecule has 4 aromatic rings. The third-order valence-corrected chi connectivity index (χ3v) is 12.5. The Morgan fingerprint density at radius 2 is 1.44 bits per heavy atom. The Kier molecular flexibility index (Phi) is 3.96. The molecule has 0 amide bonds. The molecule has 0 N–H and O–H groups in total. The molecule has 0 aliphatic rings. The fraction of sp³-hybridized carbons (Fsp3) is 0.300. The molecular weight excluding hydrogens is 360 g/mol. The lowest BCUT2D eigenvalue weighted by Gasteiger charge is -2.36. The Balaban J connectivity index is 2.06. The van der Waals surface area contributed by atoms with E-state index < -0.39 is 8.32 Å². The minimum atomic E-state index is -1.86. The maximum atomic E-state index is 6.75. The second kappa shape index (κ2) is 5.81. The van der Waals surface area contributed by atoms with Crippen molar-refractivity contribution in [2.45, 2.75) is 38.9 Å². The SMILES string of the molecule is CC(C)(C)[Si](C)(C)Oc1ppc2c3ccccc3c3ccccc3n12. The minimum absolute atomic E-state index is 0.197. The molecule has 4 rings (SSSR count). The van der Waals surface area contributed by atoms with Crippen LogP contribution >= 0.6 is 15.7 Å².